The van der Waals surface area contributed by atoms with Gasteiger partial charge < -0.3 is 5.11 Å². The molecule has 0 saturated carbocycles. The van der Waals surface area contributed by atoms with Crippen molar-refractivity contribution >= 4 is 22.6 Å². The molecule has 3 aromatic rings. The molecule has 0 aliphatic rings. The quantitative estimate of drug-likeness (QED) is 0.443. The highest BCUT2D eigenvalue weighted by molar-refractivity contribution is 6.31. The van der Waals surface area contributed by atoms with Gasteiger partial charge in [-0.1, -0.05) is 63.6 Å². The molecule has 0 aliphatic heterocycles. The predicted molar refractivity (Wildman–Crippen MR) is 112 cm³/mol. The molecule has 3 rings (SSSR count). The van der Waals surface area contributed by atoms with Crippen LogP contribution in [0.25, 0.3) is 16.7 Å². The van der Waals surface area contributed by atoms with Crippen LogP contribution >= 0.6 is 11.6 Å². The fourth-order valence-electron chi connectivity index (χ4n) is 3.41. The summed E-state index contributed by atoms with van der Waals surface area (Å²) in [5, 5.41) is 20.3. The average Bonchev–Trinajstić information content (AvgIpc) is 3.08. The van der Waals surface area contributed by atoms with E-state index in [1.807, 2.05) is 12.1 Å². The minimum Gasteiger partial charge on any atom is -0.505 e. The number of phenolic OH excluding ortho intramolecular Hbond substituents is 1. The normalized spacial score (nSPS) is 11.4. The molecule has 0 bridgehead atoms. The summed E-state index contributed by atoms with van der Waals surface area (Å²) < 4.78 is 0. The minimum absolute atomic E-state index is 0.260. The van der Waals surface area contributed by atoms with E-state index in [4.69, 9.17) is 11.6 Å². The smallest absolute Gasteiger partial charge is 0.146 e. The van der Waals surface area contributed by atoms with Crippen LogP contribution in [-0.4, -0.2) is 20.1 Å². The Morgan fingerprint density at radius 3 is 2.44 bits per heavy atom. The van der Waals surface area contributed by atoms with Crippen LogP contribution < -0.4 is 0 Å². The second kappa shape index (κ2) is 9.23. The standard InChI is InChI=1S/C22H28ClN3O/c1-3-5-6-7-8-9-10-16-13-17(4-2)22(27)21(14-16)26-24-19-12-11-18(23)15-20(19)25-26/h11-15,27H,3-10H2,1-2H3. The van der Waals surface area contributed by atoms with Crippen LogP contribution in [0.15, 0.2) is 30.3 Å². The highest BCUT2D eigenvalue weighted by Crippen LogP contribution is 2.29. The second-order valence-electron chi connectivity index (χ2n) is 7.12. The number of nitrogens with zero attached hydrogens (tertiary/aromatic N) is 3. The molecule has 2 aromatic carbocycles. The fraction of sp³-hybridized carbons (Fsp3) is 0.455. The number of fused-ring (bicyclic) bond motifs is 1. The van der Waals surface area contributed by atoms with Crippen molar-refractivity contribution in [3.05, 3.63) is 46.5 Å². The van der Waals surface area contributed by atoms with Gasteiger partial charge in [-0.2, -0.15) is 0 Å². The number of hydrogen-bond donors (Lipinski definition) is 1. The highest BCUT2D eigenvalue weighted by atomic mass is 35.5. The Morgan fingerprint density at radius 1 is 0.926 bits per heavy atom. The molecule has 27 heavy (non-hydrogen) atoms. The van der Waals surface area contributed by atoms with Gasteiger partial charge in [-0.3, -0.25) is 0 Å². The largest absolute Gasteiger partial charge is 0.505 e. The van der Waals surface area contributed by atoms with E-state index in [1.165, 1.54) is 48.9 Å². The molecule has 0 amide bonds. The molecule has 144 valence electrons. The van der Waals surface area contributed by atoms with Crippen molar-refractivity contribution in [3.63, 3.8) is 0 Å². The van der Waals surface area contributed by atoms with E-state index in [1.54, 1.807) is 12.1 Å². The molecule has 1 aromatic heterocycles. The van der Waals surface area contributed by atoms with Crippen molar-refractivity contribution in [1.82, 2.24) is 15.0 Å². The Kier molecular flexibility index (Phi) is 6.73. The summed E-state index contributed by atoms with van der Waals surface area (Å²) in [6, 6.07) is 9.57. The van der Waals surface area contributed by atoms with Gasteiger partial charge in [-0.25, -0.2) is 0 Å². The zero-order chi connectivity index (χ0) is 19.2. The molecule has 0 radical (unpaired) electrons. The number of aromatic nitrogens is 3. The van der Waals surface area contributed by atoms with Crippen molar-refractivity contribution in [2.24, 2.45) is 0 Å². The number of hydrogen-bond acceptors (Lipinski definition) is 3. The summed E-state index contributed by atoms with van der Waals surface area (Å²) in [7, 11) is 0. The van der Waals surface area contributed by atoms with Gasteiger partial charge in [0.2, 0.25) is 0 Å². The third kappa shape index (κ3) is 4.81. The third-order valence-electron chi connectivity index (χ3n) is 4.99. The lowest BCUT2D eigenvalue weighted by Crippen LogP contribution is -2.02. The predicted octanol–water partition coefficient (Wildman–Crippen LogP) is 6.24. The van der Waals surface area contributed by atoms with Crippen molar-refractivity contribution in [3.8, 4) is 11.4 Å². The van der Waals surface area contributed by atoms with Crippen molar-refractivity contribution in [2.45, 2.75) is 65.2 Å². The SMILES string of the molecule is CCCCCCCCc1cc(CC)c(O)c(-n2nc3ccc(Cl)cc3n2)c1. The summed E-state index contributed by atoms with van der Waals surface area (Å²) in [6.45, 7) is 4.30. The van der Waals surface area contributed by atoms with Gasteiger partial charge in [0.05, 0.1) is 0 Å². The zero-order valence-electron chi connectivity index (χ0n) is 16.2. The highest BCUT2D eigenvalue weighted by Gasteiger charge is 2.14. The Hall–Kier alpha value is -2.07. The number of phenols is 1. The number of benzene rings is 2. The van der Waals surface area contributed by atoms with Gasteiger partial charge in [-0.15, -0.1) is 15.0 Å². The van der Waals surface area contributed by atoms with Gasteiger partial charge in [0, 0.05) is 5.02 Å². The Balaban J connectivity index is 1.83. The Morgan fingerprint density at radius 2 is 1.67 bits per heavy atom. The summed E-state index contributed by atoms with van der Waals surface area (Å²) in [5.41, 5.74) is 4.30. The number of rotatable bonds is 9. The van der Waals surface area contributed by atoms with E-state index in [9.17, 15) is 5.11 Å². The first-order valence-corrected chi connectivity index (χ1v) is 10.4. The molecule has 0 aliphatic carbocycles. The van der Waals surface area contributed by atoms with E-state index >= 15 is 0 Å². The maximum Gasteiger partial charge on any atom is 0.146 e. The third-order valence-corrected chi connectivity index (χ3v) is 5.22. The molecular formula is C22H28ClN3O. The van der Waals surface area contributed by atoms with E-state index in [2.05, 4.69) is 30.1 Å². The van der Waals surface area contributed by atoms with Crippen LogP contribution in [0.4, 0.5) is 0 Å². The van der Waals surface area contributed by atoms with E-state index in [0.717, 1.165) is 29.4 Å². The molecule has 0 saturated heterocycles. The van der Waals surface area contributed by atoms with Crippen LogP contribution in [0.2, 0.25) is 5.02 Å². The summed E-state index contributed by atoms with van der Waals surface area (Å²) in [5.74, 6) is 0.260. The lowest BCUT2D eigenvalue weighted by Gasteiger charge is -2.11. The van der Waals surface area contributed by atoms with Crippen molar-refractivity contribution in [2.75, 3.05) is 0 Å². The van der Waals surface area contributed by atoms with Crippen LogP contribution in [0.3, 0.4) is 0 Å². The van der Waals surface area contributed by atoms with Crippen LogP contribution in [0.1, 0.15) is 63.5 Å². The van der Waals surface area contributed by atoms with Crippen LogP contribution in [0, 0.1) is 0 Å². The topological polar surface area (TPSA) is 50.9 Å². The van der Waals surface area contributed by atoms with E-state index < -0.39 is 0 Å². The molecule has 1 N–H and O–H groups in total. The number of unbranched alkanes of at least 4 members (excludes halogenated alkanes) is 5. The lowest BCUT2D eigenvalue weighted by molar-refractivity contribution is 0.461. The molecule has 1 heterocycles. The van der Waals surface area contributed by atoms with Gasteiger partial charge in [0.15, 0.2) is 0 Å². The summed E-state index contributed by atoms with van der Waals surface area (Å²) in [4.78, 5) is 1.53. The summed E-state index contributed by atoms with van der Waals surface area (Å²) in [6.07, 6.45) is 9.43. The van der Waals surface area contributed by atoms with Crippen molar-refractivity contribution in [1.29, 1.82) is 0 Å². The maximum absolute atomic E-state index is 10.7. The zero-order valence-corrected chi connectivity index (χ0v) is 17.0. The van der Waals surface area contributed by atoms with Crippen LogP contribution in [-0.2, 0) is 12.8 Å². The first kappa shape index (κ1) is 19.7. The number of aryl methyl sites for hydroxylation is 2. The first-order valence-electron chi connectivity index (χ1n) is 10.00. The number of aromatic hydroxyl groups is 1. The second-order valence-corrected chi connectivity index (χ2v) is 7.55. The van der Waals surface area contributed by atoms with Gasteiger partial charge >= 0.3 is 0 Å². The van der Waals surface area contributed by atoms with Gasteiger partial charge in [-0.05, 0) is 54.7 Å². The Bertz CT molecular complexity index is 904. The molecule has 4 nitrogen and oxygen atoms in total. The molecule has 0 spiro atoms. The lowest BCUT2D eigenvalue weighted by atomic mass is 10.0. The van der Waals surface area contributed by atoms with Crippen molar-refractivity contribution < 1.29 is 5.11 Å². The maximum atomic E-state index is 10.7. The minimum atomic E-state index is 0.260. The van der Waals surface area contributed by atoms with E-state index in [-0.39, 0.29) is 5.75 Å². The molecule has 0 unspecified atom stereocenters. The average molecular weight is 386 g/mol. The molecular weight excluding hydrogens is 358 g/mol. The molecule has 0 fully saturated rings. The van der Waals surface area contributed by atoms with Gasteiger partial charge in [0.1, 0.15) is 22.5 Å². The van der Waals surface area contributed by atoms with E-state index in [0.29, 0.717) is 10.7 Å². The number of halogens is 1. The Labute approximate surface area is 166 Å². The summed E-state index contributed by atoms with van der Waals surface area (Å²) >= 11 is 6.05. The first-order chi connectivity index (χ1) is 13.1. The fourth-order valence-corrected chi connectivity index (χ4v) is 3.58. The van der Waals surface area contributed by atoms with Crippen LogP contribution in [0.5, 0.6) is 5.75 Å². The molecule has 0 atom stereocenters. The monoisotopic (exact) mass is 385 g/mol. The van der Waals surface area contributed by atoms with Gasteiger partial charge in [0.25, 0.3) is 0 Å². The molecule has 5 heteroatoms.